The average Bonchev–Trinajstić information content (AvgIpc) is 2.77. The molecule has 1 aromatic carbocycles. The van der Waals surface area contributed by atoms with Gasteiger partial charge >= 0.3 is 0 Å². The van der Waals surface area contributed by atoms with Crippen molar-refractivity contribution >= 4 is 10.9 Å². The van der Waals surface area contributed by atoms with Gasteiger partial charge in [-0.3, -0.25) is 0 Å². The third-order valence-electron chi connectivity index (χ3n) is 4.58. The molecule has 3 heteroatoms. The first-order valence-electron chi connectivity index (χ1n) is 7.63. The van der Waals surface area contributed by atoms with Crippen LogP contribution >= 0.6 is 0 Å². The lowest BCUT2D eigenvalue weighted by Crippen LogP contribution is -2.36. The first-order valence-corrected chi connectivity index (χ1v) is 7.63. The highest BCUT2D eigenvalue weighted by Crippen LogP contribution is 2.29. The molecule has 0 spiro atoms. The Morgan fingerprint density at radius 2 is 2.00 bits per heavy atom. The Bertz CT molecular complexity index is 582. The summed E-state index contributed by atoms with van der Waals surface area (Å²) >= 11 is 0. The van der Waals surface area contributed by atoms with Gasteiger partial charge in [-0.25, -0.2) is 0 Å². The summed E-state index contributed by atoms with van der Waals surface area (Å²) in [6.07, 6.45) is 2.10. The lowest BCUT2D eigenvalue weighted by atomic mass is 9.98. The lowest BCUT2D eigenvalue weighted by molar-refractivity contribution is 0.0921. The SMILES string of the molecule is Cc1[nH]c2ccccc2c1[C@@H](O)CN1CCC(C)CC1. The summed E-state index contributed by atoms with van der Waals surface area (Å²) in [7, 11) is 0. The summed E-state index contributed by atoms with van der Waals surface area (Å²) in [6.45, 7) is 7.34. The number of β-amino-alcohol motifs (C(OH)–C–C–N with tert-alkyl or cyclic N) is 1. The molecule has 1 aliphatic rings. The Balaban J connectivity index is 1.78. The van der Waals surface area contributed by atoms with Gasteiger partial charge in [0.1, 0.15) is 0 Å². The van der Waals surface area contributed by atoms with Crippen molar-refractivity contribution in [3.05, 3.63) is 35.5 Å². The van der Waals surface area contributed by atoms with Gasteiger partial charge in [0, 0.05) is 28.7 Å². The van der Waals surface area contributed by atoms with Crippen molar-refractivity contribution in [2.24, 2.45) is 5.92 Å². The summed E-state index contributed by atoms with van der Waals surface area (Å²) in [4.78, 5) is 5.77. The van der Waals surface area contributed by atoms with Gasteiger partial charge in [-0.05, 0) is 44.8 Å². The van der Waals surface area contributed by atoms with Crippen LogP contribution in [-0.4, -0.2) is 34.6 Å². The second-order valence-corrected chi connectivity index (χ2v) is 6.21. The van der Waals surface area contributed by atoms with E-state index in [4.69, 9.17) is 0 Å². The molecule has 0 aliphatic carbocycles. The van der Waals surface area contributed by atoms with Gasteiger partial charge in [-0.1, -0.05) is 25.1 Å². The molecular weight excluding hydrogens is 248 g/mol. The number of rotatable bonds is 3. The van der Waals surface area contributed by atoms with Gasteiger partial charge in [0.2, 0.25) is 0 Å². The smallest absolute Gasteiger partial charge is 0.0940 e. The number of para-hydroxylation sites is 1. The molecule has 1 aromatic heterocycles. The molecule has 108 valence electrons. The van der Waals surface area contributed by atoms with Crippen LogP contribution in [0.25, 0.3) is 10.9 Å². The number of nitrogens with zero attached hydrogens (tertiary/aromatic N) is 1. The minimum Gasteiger partial charge on any atom is -0.387 e. The van der Waals surface area contributed by atoms with E-state index in [0.29, 0.717) is 0 Å². The summed E-state index contributed by atoms with van der Waals surface area (Å²) in [6, 6.07) is 8.23. The fourth-order valence-electron chi connectivity index (χ4n) is 3.31. The van der Waals surface area contributed by atoms with Gasteiger partial charge in [0.05, 0.1) is 6.10 Å². The highest BCUT2D eigenvalue weighted by Gasteiger charge is 2.22. The minimum atomic E-state index is -0.403. The molecule has 0 amide bonds. The second kappa shape index (κ2) is 5.58. The molecular formula is C17H24N2O. The molecule has 0 bridgehead atoms. The van der Waals surface area contributed by atoms with Crippen molar-refractivity contribution in [2.45, 2.75) is 32.8 Å². The van der Waals surface area contributed by atoms with Crippen molar-refractivity contribution in [1.29, 1.82) is 0 Å². The van der Waals surface area contributed by atoms with Gasteiger partial charge in [-0.2, -0.15) is 0 Å². The first kappa shape index (κ1) is 13.7. The molecule has 3 nitrogen and oxygen atoms in total. The van der Waals surface area contributed by atoms with E-state index < -0.39 is 6.10 Å². The fraction of sp³-hybridized carbons (Fsp3) is 0.529. The normalized spacial score (nSPS) is 19.6. The van der Waals surface area contributed by atoms with E-state index in [-0.39, 0.29) is 0 Å². The highest BCUT2D eigenvalue weighted by molar-refractivity contribution is 5.84. The van der Waals surface area contributed by atoms with Crippen molar-refractivity contribution in [3.8, 4) is 0 Å². The number of aliphatic hydroxyl groups excluding tert-OH is 1. The van der Waals surface area contributed by atoms with E-state index in [9.17, 15) is 5.11 Å². The van der Waals surface area contributed by atoms with Crippen LogP contribution in [0.1, 0.15) is 37.1 Å². The molecule has 3 rings (SSSR count). The maximum Gasteiger partial charge on any atom is 0.0940 e. The van der Waals surface area contributed by atoms with Crippen molar-refractivity contribution < 1.29 is 5.11 Å². The third-order valence-corrected chi connectivity index (χ3v) is 4.58. The predicted octanol–water partition coefficient (Wildman–Crippen LogP) is 3.24. The Hall–Kier alpha value is -1.32. The largest absolute Gasteiger partial charge is 0.387 e. The first-order chi connectivity index (χ1) is 9.65. The van der Waals surface area contributed by atoms with E-state index >= 15 is 0 Å². The Morgan fingerprint density at radius 3 is 2.75 bits per heavy atom. The lowest BCUT2D eigenvalue weighted by Gasteiger charge is -2.31. The fourth-order valence-corrected chi connectivity index (χ4v) is 3.31. The molecule has 1 atom stereocenters. The average molecular weight is 272 g/mol. The number of nitrogens with one attached hydrogen (secondary N) is 1. The van der Waals surface area contributed by atoms with Crippen LogP contribution in [0.4, 0.5) is 0 Å². The number of likely N-dealkylation sites (tertiary alicyclic amines) is 1. The molecule has 1 saturated heterocycles. The maximum atomic E-state index is 10.6. The van der Waals surface area contributed by atoms with Crippen LogP contribution in [0.15, 0.2) is 24.3 Å². The van der Waals surface area contributed by atoms with E-state index in [1.54, 1.807) is 0 Å². The van der Waals surface area contributed by atoms with Crippen LogP contribution in [0, 0.1) is 12.8 Å². The van der Waals surface area contributed by atoms with E-state index in [0.717, 1.165) is 47.7 Å². The number of hydrogen-bond donors (Lipinski definition) is 2. The summed E-state index contributed by atoms with van der Waals surface area (Å²) in [5.74, 6) is 0.832. The Morgan fingerprint density at radius 1 is 1.30 bits per heavy atom. The molecule has 20 heavy (non-hydrogen) atoms. The maximum absolute atomic E-state index is 10.6. The zero-order chi connectivity index (χ0) is 14.1. The van der Waals surface area contributed by atoms with Gasteiger partial charge in [0.15, 0.2) is 0 Å². The molecule has 1 aliphatic heterocycles. The zero-order valence-electron chi connectivity index (χ0n) is 12.4. The van der Waals surface area contributed by atoms with Gasteiger partial charge in [0.25, 0.3) is 0 Å². The molecule has 0 radical (unpaired) electrons. The zero-order valence-corrected chi connectivity index (χ0v) is 12.4. The Labute approximate surface area is 120 Å². The van der Waals surface area contributed by atoms with Crippen LogP contribution < -0.4 is 0 Å². The second-order valence-electron chi connectivity index (χ2n) is 6.21. The summed E-state index contributed by atoms with van der Waals surface area (Å²) < 4.78 is 0. The number of benzene rings is 1. The topological polar surface area (TPSA) is 39.3 Å². The number of H-pyrrole nitrogens is 1. The number of hydrogen-bond acceptors (Lipinski definition) is 2. The summed E-state index contributed by atoms with van der Waals surface area (Å²) in [5, 5.41) is 11.8. The predicted molar refractivity (Wildman–Crippen MR) is 82.8 cm³/mol. The van der Waals surface area contributed by atoms with Crippen molar-refractivity contribution in [1.82, 2.24) is 9.88 Å². The molecule has 0 unspecified atom stereocenters. The van der Waals surface area contributed by atoms with E-state index in [2.05, 4.69) is 35.9 Å². The number of aromatic amines is 1. The quantitative estimate of drug-likeness (QED) is 0.900. The number of aryl methyl sites for hydroxylation is 1. The van der Waals surface area contributed by atoms with Crippen LogP contribution in [0.2, 0.25) is 0 Å². The third kappa shape index (κ3) is 2.60. The highest BCUT2D eigenvalue weighted by atomic mass is 16.3. The van der Waals surface area contributed by atoms with Crippen LogP contribution in [0.5, 0.6) is 0 Å². The van der Waals surface area contributed by atoms with Crippen molar-refractivity contribution in [2.75, 3.05) is 19.6 Å². The number of piperidine rings is 1. The minimum absolute atomic E-state index is 0.403. The van der Waals surface area contributed by atoms with Gasteiger partial charge < -0.3 is 15.0 Å². The Kier molecular flexibility index (Phi) is 3.81. The number of fused-ring (bicyclic) bond motifs is 1. The van der Waals surface area contributed by atoms with Gasteiger partial charge in [-0.15, -0.1) is 0 Å². The standard InChI is InChI=1S/C17H24N2O/c1-12-7-9-19(10-8-12)11-16(20)17-13(2)18-15-6-4-3-5-14(15)17/h3-6,12,16,18,20H,7-11H2,1-2H3/t16-/m0/s1. The molecule has 2 aromatic rings. The van der Waals surface area contributed by atoms with Crippen molar-refractivity contribution in [3.63, 3.8) is 0 Å². The summed E-state index contributed by atoms with van der Waals surface area (Å²) in [5.41, 5.74) is 3.27. The monoisotopic (exact) mass is 272 g/mol. The van der Waals surface area contributed by atoms with E-state index in [1.807, 2.05) is 12.1 Å². The molecule has 0 saturated carbocycles. The number of aliphatic hydroxyl groups is 1. The van der Waals surface area contributed by atoms with Crippen LogP contribution in [0.3, 0.4) is 0 Å². The molecule has 2 heterocycles. The van der Waals surface area contributed by atoms with Crippen LogP contribution in [-0.2, 0) is 0 Å². The number of aromatic nitrogens is 1. The molecule has 1 fully saturated rings. The van der Waals surface area contributed by atoms with E-state index in [1.165, 1.54) is 12.8 Å². The molecule has 2 N–H and O–H groups in total.